The fraction of sp³-hybridized carbons (Fsp3) is 0.459. The van der Waals surface area contributed by atoms with Crippen LogP contribution in [0.25, 0.3) is 0 Å². The molecule has 2 aromatic carbocycles. The second-order valence-electron chi connectivity index (χ2n) is 13.4. The Bertz CT molecular complexity index is 1640. The van der Waals surface area contributed by atoms with Gasteiger partial charge in [0, 0.05) is 25.8 Å². The second kappa shape index (κ2) is 21.0. The Morgan fingerprint density at radius 1 is 0.759 bits per heavy atom. The van der Waals surface area contributed by atoms with Gasteiger partial charge < -0.3 is 48.1 Å². The monoisotopic (exact) mass is 750 g/mol. The van der Waals surface area contributed by atoms with E-state index in [2.05, 4.69) is 26.6 Å². The Morgan fingerprint density at radius 3 is 1.85 bits per heavy atom. The minimum atomic E-state index is -1.26. The fourth-order valence-corrected chi connectivity index (χ4v) is 5.88. The molecule has 0 saturated carbocycles. The van der Waals surface area contributed by atoms with E-state index in [4.69, 9.17) is 16.6 Å². The van der Waals surface area contributed by atoms with Gasteiger partial charge in [0.25, 0.3) is 0 Å². The molecular weight excluding hydrogens is 700 g/mol. The Kier molecular flexibility index (Phi) is 16.6. The molecule has 1 aliphatic rings. The van der Waals surface area contributed by atoms with Crippen LogP contribution < -0.4 is 38.1 Å². The maximum atomic E-state index is 13.8. The van der Waals surface area contributed by atoms with Gasteiger partial charge in [-0.25, -0.2) is 0 Å². The lowest BCUT2D eigenvalue weighted by atomic mass is 10.0. The van der Waals surface area contributed by atoms with Crippen molar-refractivity contribution in [1.29, 1.82) is 0 Å². The van der Waals surface area contributed by atoms with E-state index in [1.165, 1.54) is 4.90 Å². The molecule has 1 saturated heterocycles. The van der Waals surface area contributed by atoms with Crippen molar-refractivity contribution >= 4 is 47.3 Å². The lowest BCUT2D eigenvalue weighted by Crippen LogP contribution is -2.58. The van der Waals surface area contributed by atoms with Gasteiger partial charge in [0.1, 0.15) is 30.7 Å². The van der Waals surface area contributed by atoms with Gasteiger partial charge in [-0.05, 0) is 36.3 Å². The molecule has 0 spiro atoms. The normalized spacial score (nSPS) is 15.9. The molecule has 1 aliphatic heterocycles. The van der Waals surface area contributed by atoms with Crippen LogP contribution in [0, 0.1) is 5.92 Å². The van der Waals surface area contributed by atoms with Crippen molar-refractivity contribution in [3.8, 4) is 0 Å². The quantitative estimate of drug-likeness (QED) is 0.0775. The summed E-state index contributed by atoms with van der Waals surface area (Å²) in [7, 11) is 0. The zero-order chi connectivity index (χ0) is 39.8. The standard InChI is InChI=1S/C37H50N8O9/c1-22(2)32(44-33(50)25(38)15-16-29(39)46)37(54)40-20-30(47)45-17-9-14-28(45)36(53)43-27(19-24-12-7-4-8-13-24)35(52)42-26(34(51)41-21-31(48)49)18-23-10-5-3-6-11-23/h3-8,10-13,22,25-28,32H,9,14-21,38H2,1-2H3,(H2,39,46)(H,40,54)(H,41,51)(H,42,52)(H,43,53)(H,44,50)(H,48,49)/t25-,26-,27-,28-,32-/m0/s1. The molecule has 54 heavy (non-hydrogen) atoms. The number of likely N-dealkylation sites (tertiary alicyclic amines) is 1. The van der Waals surface area contributed by atoms with Crippen LogP contribution in [0.15, 0.2) is 60.7 Å². The van der Waals surface area contributed by atoms with Crippen LogP contribution in [0.1, 0.15) is 50.7 Å². The van der Waals surface area contributed by atoms with Gasteiger partial charge in [0.2, 0.25) is 41.4 Å². The Balaban J connectivity index is 1.71. The molecular formula is C37H50N8O9. The summed E-state index contributed by atoms with van der Waals surface area (Å²) >= 11 is 0. The van der Waals surface area contributed by atoms with Crippen LogP contribution in [0.2, 0.25) is 0 Å². The average molecular weight is 751 g/mol. The predicted molar refractivity (Wildman–Crippen MR) is 196 cm³/mol. The molecule has 0 bridgehead atoms. The maximum Gasteiger partial charge on any atom is 0.322 e. The number of nitrogens with one attached hydrogen (secondary N) is 5. The molecule has 0 radical (unpaired) electrons. The number of rotatable bonds is 20. The van der Waals surface area contributed by atoms with E-state index >= 15 is 0 Å². The van der Waals surface area contributed by atoms with E-state index in [1.807, 2.05) is 0 Å². The minimum absolute atomic E-state index is 0.00520. The lowest BCUT2D eigenvalue weighted by molar-refractivity contribution is -0.140. The van der Waals surface area contributed by atoms with E-state index in [9.17, 15) is 38.4 Å². The summed E-state index contributed by atoms with van der Waals surface area (Å²) in [5, 5.41) is 21.9. The van der Waals surface area contributed by atoms with Gasteiger partial charge >= 0.3 is 5.97 Å². The summed E-state index contributed by atoms with van der Waals surface area (Å²) in [6.45, 7) is 2.46. The van der Waals surface area contributed by atoms with Gasteiger partial charge in [0.15, 0.2) is 0 Å². The number of hydrogen-bond acceptors (Lipinski definition) is 9. The molecule has 10 N–H and O–H groups in total. The largest absolute Gasteiger partial charge is 0.480 e. The van der Waals surface area contributed by atoms with E-state index in [1.54, 1.807) is 74.5 Å². The molecule has 0 aromatic heterocycles. The first kappa shape index (κ1) is 42.6. The molecule has 17 nitrogen and oxygen atoms in total. The van der Waals surface area contributed by atoms with Gasteiger partial charge in [-0.1, -0.05) is 74.5 Å². The molecule has 3 rings (SSSR count). The summed E-state index contributed by atoms with van der Waals surface area (Å²) in [5.41, 5.74) is 12.4. The summed E-state index contributed by atoms with van der Waals surface area (Å²) in [6.07, 6.45) is 0.735. The predicted octanol–water partition coefficient (Wildman–Crippen LogP) is -1.52. The maximum absolute atomic E-state index is 13.8. The number of carboxylic acid groups (broad SMARTS) is 1. The number of hydrogen-bond donors (Lipinski definition) is 8. The van der Waals surface area contributed by atoms with Gasteiger partial charge in [-0.15, -0.1) is 0 Å². The number of carbonyl (C=O) groups excluding carboxylic acids is 7. The Morgan fingerprint density at radius 2 is 1.31 bits per heavy atom. The van der Waals surface area contributed by atoms with Gasteiger partial charge in [0.05, 0.1) is 12.6 Å². The highest BCUT2D eigenvalue weighted by atomic mass is 16.4. The number of amides is 7. The first-order valence-corrected chi connectivity index (χ1v) is 17.8. The summed E-state index contributed by atoms with van der Waals surface area (Å²) in [6, 6.07) is 12.2. The third-order valence-electron chi connectivity index (χ3n) is 8.82. The number of aliphatic carboxylic acids is 1. The molecule has 0 aliphatic carbocycles. The van der Waals surface area contributed by atoms with E-state index in [0.29, 0.717) is 17.5 Å². The van der Waals surface area contributed by atoms with Crippen molar-refractivity contribution in [3.63, 3.8) is 0 Å². The van der Waals surface area contributed by atoms with Crippen molar-refractivity contribution < 1.29 is 43.5 Å². The van der Waals surface area contributed by atoms with Crippen molar-refractivity contribution in [2.45, 2.75) is 82.6 Å². The highest BCUT2D eigenvalue weighted by Crippen LogP contribution is 2.18. The number of carboxylic acids is 1. The summed E-state index contributed by atoms with van der Waals surface area (Å²) < 4.78 is 0. The van der Waals surface area contributed by atoms with Crippen molar-refractivity contribution in [1.82, 2.24) is 31.5 Å². The van der Waals surface area contributed by atoms with Crippen LogP contribution in [0.5, 0.6) is 0 Å². The smallest absolute Gasteiger partial charge is 0.322 e. The second-order valence-corrected chi connectivity index (χ2v) is 13.4. The minimum Gasteiger partial charge on any atom is -0.480 e. The lowest BCUT2D eigenvalue weighted by Gasteiger charge is -2.28. The number of nitrogens with two attached hydrogens (primary N) is 2. The number of carbonyl (C=O) groups is 8. The highest BCUT2D eigenvalue weighted by molar-refractivity contribution is 5.96. The van der Waals surface area contributed by atoms with Crippen molar-refractivity contribution in [3.05, 3.63) is 71.8 Å². The van der Waals surface area contributed by atoms with Crippen LogP contribution in [-0.2, 0) is 51.2 Å². The van der Waals surface area contributed by atoms with E-state index in [-0.39, 0.29) is 44.6 Å². The van der Waals surface area contributed by atoms with Crippen molar-refractivity contribution in [2.24, 2.45) is 17.4 Å². The number of benzene rings is 2. The molecule has 5 atom stereocenters. The average Bonchev–Trinajstić information content (AvgIpc) is 3.64. The molecule has 2 aromatic rings. The molecule has 1 fully saturated rings. The van der Waals surface area contributed by atoms with Crippen molar-refractivity contribution in [2.75, 3.05) is 19.6 Å². The van der Waals surface area contributed by atoms with Gasteiger partial charge in [-0.3, -0.25) is 38.4 Å². The van der Waals surface area contributed by atoms with Crippen LogP contribution >= 0.6 is 0 Å². The van der Waals surface area contributed by atoms with Crippen LogP contribution in [-0.4, -0.2) is 107 Å². The molecule has 17 heteroatoms. The fourth-order valence-electron chi connectivity index (χ4n) is 5.88. The van der Waals surface area contributed by atoms with E-state index in [0.717, 1.165) is 0 Å². The SMILES string of the molecule is CC(C)[C@H](NC(=O)[C@@H](N)CCC(N)=O)C(=O)NCC(=O)N1CCC[C@H]1C(=O)N[C@@H](Cc1ccccc1)C(=O)N[C@@H](Cc1ccccc1)C(=O)NCC(=O)O. The third-order valence-corrected chi connectivity index (χ3v) is 8.82. The van der Waals surface area contributed by atoms with Crippen LogP contribution in [0.4, 0.5) is 0 Å². The van der Waals surface area contributed by atoms with Gasteiger partial charge in [-0.2, -0.15) is 0 Å². The number of nitrogens with zero attached hydrogens (tertiary/aromatic N) is 1. The Hall–Kier alpha value is -5.84. The van der Waals surface area contributed by atoms with E-state index < -0.39 is 90.6 Å². The molecule has 7 amide bonds. The zero-order valence-corrected chi connectivity index (χ0v) is 30.4. The summed E-state index contributed by atoms with van der Waals surface area (Å²) in [4.78, 5) is 103. The Labute approximate surface area is 313 Å². The number of primary amides is 1. The molecule has 292 valence electrons. The highest BCUT2D eigenvalue weighted by Gasteiger charge is 2.37. The third kappa shape index (κ3) is 13.6. The molecule has 1 heterocycles. The first-order valence-electron chi connectivity index (χ1n) is 17.8. The first-order chi connectivity index (χ1) is 25.7. The topological polar surface area (TPSA) is 272 Å². The van der Waals surface area contributed by atoms with Crippen LogP contribution in [0.3, 0.4) is 0 Å². The molecule has 0 unspecified atom stereocenters. The zero-order valence-electron chi connectivity index (χ0n) is 30.4. The summed E-state index contributed by atoms with van der Waals surface area (Å²) in [5.74, 6) is -6.17.